The van der Waals surface area contributed by atoms with Gasteiger partial charge in [-0.25, -0.2) is 13.6 Å². The summed E-state index contributed by atoms with van der Waals surface area (Å²) >= 11 is 0. The lowest BCUT2D eigenvalue weighted by Gasteiger charge is -2.37. The fourth-order valence-corrected chi connectivity index (χ4v) is 3.11. The summed E-state index contributed by atoms with van der Waals surface area (Å²) in [5.41, 5.74) is -0.831. The first kappa shape index (κ1) is 20.6. The number of amides is 1. The first-order chi connectivity index (χ1) is 13.7. The van der Waals surface area contributed by atoms with Gasteiger partial charge < -0.3 is 19.6 Å². The van der Waals surface area contributed by atoms with Crippen molar-refractivity contribution < 1.29 is 28.2 Å². The second kappa shape index (κ2) is 8.06. The monoisotopic (exact) mass is 404 g/mol. The van der Waals surface area contributed by atoms with Gasteiger partial charge in [-0.05, 0) is 38.1 Å². The molecular formula is C21H22F2N2O4. The number of para-hydroxylation sites is 2. The van der Waals surface area contributed by atoms with Crippen LogP contribution < -0.4 is 9.64 Å². The number of rotatable bonds is 5. The van der Waals surface area contributed by atoms with Gasteiger partial charge in [-0.2, -0.15) is 0 Å². The van der Waals surface area contributed by atoms with Crippen molar-refractivity contribution in [3.8, 4) is 5.75 Å². The number of aliphatic carboxylic acids is 1. The standard InChI is InChI=1S/C21H22F2N2O4/c1-21(2,20(27)28)29-18-6-4-3-5-17(18)24-9-11-25(12-10-24)19(26)15-8-7-14(22)13-16(15)23/h3-8,13H,9-12H2,1-2H3,(H,27,28). The van der Waals surface area contributed by atoms with Gasteiger partial charge in [-0.1, -0.05) is 12.1 Å². The van der Waals surface area contributed by atoms with Crippen molar-refractivity contribution in [1.82, 2.24) is 4.90 Å². The highest BCUT2D eigenvalue weighted by Gasteiger charge is 2.31. The van der Waals surface area contributed by atoms with E-state index in [0.29, 0.717) is 38.0 Å². The molecule has 1 fully saturated rings. The van der Waals surface area contributed by atoms with E-state index < -0.39 is 29.1 Å². The molecule has 1 amide bonds. The summed E-state index contributed by atoms with van der Waals surface area (Å²) < 4.78 is 32.7. The molecule has 0 saturated carbocycles. The number of carbonyl (C=O) groups excluding carboxylic acids is 1. The number of benzene rings is 2. The van der Waals surface area contributed by atoms with Crippen molar-refractivity contribution in [3.63, 3.8) is 0 Å². The fourth-order valence-electron chi connectivity index (χ4n) is 3.11. The summed E-state index contributed by atoms with van der Waals surface area (Å²) in [6.45, 7) is 4.55. The predicted octanol–water partition coefficient (Wildman–Crippen LogP) is 3.17. The van der Waals surface area contributed by atoms with E-state index in [2.05, 4.69) is 0 Å². The molecule has 0 bridgehead atoms. The number of carbonyl (C=O) groups is 2. The molecule has 6 nitrogen and oxygen atoms in total. The maximum absolute atomic E-state index is 13.9. The first-order valence-electron chi connectivity index (χ1n) is 9.20. The van der Waals surface area contributed by atoms with Gasteiger partial charge in [0.15, 0.2) is 5.60 Å². The first-order valence-corrected chi connectivity index (χ1v) is 9.20. The van der Waals surface area contributed by atoms with E-state index in [-0.39, 0.29) is 5.56 Å². The van der Waals surface area contributed by atoms with Crippen LogP contribution in [-0.4, -0.2) is 53.7 Å². The molecule has 0 aromatic heterocycles. The van der Waals surface area contributed by atoms with Crippen LogP contribution in [0.4, 0.5) is 14.5 Å². The molecule has 0 aliphatic carbocycles. The molecule has 154 valence electrons. The van der Waals surface area contributed by atoms with Crippen molar-refractivity contribution >= 4 is 17.6 Å². The van der Waals surface area contributed by atoms with Gasteiger partial charge in [0.25, 0.3) is 5.91 Å². The Labute approximate surface area is 167 Å². The van der Waals surface area contributed by atoms with E-state index in [1.807, 2.05) is 17.0 Å². The number of ether oxygens (including phenoxy) is 1. The van der Waals surface area contributed by atoms with Crippen LogP contribution in [0.1, 0.15) is 24.2 Å². The molecule has 29 heavy (non-hydrogen) atoms. The Hall–Kier alpha value is -3.16. The summed E-state index contributed by atoms with van der Waals surface area (Å²) in [7, 11) is 0. The van der Waals surface area contributed by atoms with Crippen LogP contribution in [0, 0.1) is 11.6 Å². The third-order valence-corrected chi connectivity index (χ3v) is 4.81. The molecule has 1 aliphatic heterocycles. The molecule has 1 saturated heterocycles. The SMILES string of the molecule is CC(C)(Oc1ccccc1N1CCN(C(=O)c2ccc(F)cc2F)CC1)C(=O)O. The molecule has 0 unspecified atom stereocenters. The molecule has 2 aromatic carbocycles. The minimum Gasteiger partial charge on any atom is -0.478 e. The van der Waals surface area contributed by atoms with Crippen LogP contribution in [0.2, 0.25) is 0 Å². The topological polar surface area (TPSA) is 70.1 Å². The molecule has 3 rings (SSSR count). The number of carboxylic acids is 1. The minimum atomic E-state index is -1.39. The zero-order valence-corrected chi connectivity index (χ0v) is 16.2. The Morgan fingerprint density at radius 1 is 1.03 bits per heavy atom. The number of hydrogen-bond acceptors (Lipinski definition) is 4. The lowest BCUT2D eigenvalue weighted by atomic mass is 10.1. The largest absolute Gasteiger partial charge is 0.478 e. The molecule has 0 atom stereocenters. The molecule has 8 heteroatoms. The Balaban J connectivity index is 1.71. The van der Waals surface area contributed by atoms with Crippen molar-refractivity contribution in [2.45, 2.75) is 19.4 Å². The van der Waals surface area contributed by atoms with Gasteiger partial charge in [-0.3, -0.25) is 4.79 Å². The second-order valence-electron chi connectivity index (χ2n) is 7.29. The third kappa shape index (κ3) is 4.47. The van der Waals surface area contributed by atoms with E-state index in [9.17, 15) is 23.5 Å². The Morgan fingerprint density at radius 2 is 1.69 bits per heavy atom. The number of carboxylic acid groups (broad SMARTS) is 1. The van der Waals surface area contributed by atoms with Crippen molar-refractivity contribution in [3.05, 3.63) is 59.7 Å². The van der Waals surface area contributed by atoms with E-state index >= 15 is 0 Å². The molecule has 1 heterocycles. The van der Waals surface area contributed by atoms with Gasteiger partial charge in [0.1, 0.15) is 17.4 Å². The number of anilines is 1. The summed E-state index contributed by atoms with van der Waals surface area (Å²) in [6.07, 6.45) is 0. The average molecular weight is 404 g/mol. The fraction of sp³-hybridized carbons (Fsp3) is 0.333. The van der Waals surface area contributed by atoms with Crippen LogP contribution in [0.25, 0.3) is 0 Å². The minimum absolute atomic E-state index is 0.160. The summed E-state index contributed by atoms with van der Waals surface area (Å²) in [5.74, 6) is -2.75. The molecule has 0 spiro atoms. The molecular weight excluding hydrogens is 382 g/mol. The third-order valence-electron chi connectivity index (χ3n) is 4.81. The van der Waals surface area contributed by atoms with Crippen LogP contribution in [-0.2, 0) is 4.79 Å². The highest BCUT2D eigenvalue weighted by atomic mass is 19.1. The average Bonchev–Trinajstić information content (AvgIpc) is 2.68. The smallest absolute Gasteiger partial charge is 0.347 e. The van der Waals surface area contributed by atoms with Crippen LogP contribution >= 0.6 is 0 Å². The van der Waals surface area contributed by atoms with Gasteiger partial charge in [-0.15, -0.1) is 0 Å². The summed E-state index contributed by atoms with van der Waals surface area (Å²) in [6, 6.07) is 10.0. The lowest BCUT2D eigenvalue weighted by Crippen LogP contribution is -2.49. The van der Waals surface area contributed by atoms with Gasteiger partial charge in [0.05, 0.1) is 11.3 Å². The highest BCUT2D eigenvalue weighted by Crippen LogP contribution is 2.32. The quantitative estimate of drug-likeness (QED) is 0.829. The van der Waals surface area contributed by atoms with Crippen molar-refractivity contribution in [2.75, 3.05) is 31.1 Å². The zero-order valence-electron chi connectivity index (χ0n) is 16.2. The Kier molecular flexibility index (Phi) is 5.72. The normalized spacial score (nSPS) is 14.6. The van der Waals surface area contributed by atoms with Crippen molar-refractivity contribution in [1.29, 1.82) is 0 Å². The van der Waals surface area contributed by atoms with E-state index in [1.54, 1.807) is 12.1 Å². The summed E-state index contributed by atoms with van der Waals surface area (Å²) in [5, 5.41) is 9.31. The molecule has 2 aromatic rings. The van der Waals surface area contributed by atoms with Gasteiger partial charge >= 0.3 is 5.97 Å². The van der Waals surface area contributed by atoms with Crippen LogP contribution in [0.3, 0.4) is 0 Å². The van der Waals surface area contributed by atoms with E-state index in [0.717, 1.165) is 17.8 Å². The maximum atomic E-state index is 13.9. The molecule has 1 aliphatic rings. The maximum Gasteiger partial charge on any atom is 0.347 e. The van der Waals surface area contributed by atoms with Crippen molar-refractivity contribution in [2.24, 2.45) is 0 Å². The molecule has 0 radical (unpaired) electrons. The van der Waals surface area contributed by atoms with E-state index in [4.69, 9.17) is 4.74 Å². The lowest BCUT2D eigenvalue weighted by molar-refractivity contribution is -0.152. The number of hydrogen-bond donors (Lipinski definition) is 1. The van der Waals surface area contributed by atoms with Crippen LogP contribution in [0.15, 0.2) is 42.5 Å². The second-order valence-corrected chi connectivity index (χ2v) is 7.29. The van der Waals surface area contributed by atoms with Gasteiger partial charge in [0, 0.05) is 32.2 Å². The number of halogens is 2. The van der Waals surface area contributed by atoms with Crippen LogP contribution in [0.5, 0.6) is 5.75 Å². The van der Waals surface area contributed by atoms with E-state index in [1.165, 1.54) is 18.7 Å². The Bertz CT molecular complexity index is 925. The number of nitrogens with zero attached hydrogens (tertiary/aromatic N) is 2. The molecule has 1 N–H and O–H groups in total. The predicted molar refractivity (Wildman–Crippen MR) is 103 cm³/mol. The number of piperazine rings is 1. The highest BCUT2D eigenvalue weighted by molar-refractivity contribution is 5.94. The zero-order chi connectivity index (χ0) is 21.2. The van der Waals surface area contributed by atoms with Gasteiger partial charge in [0.2, 0.25) is 0 Å². The Morgan fingerprint density at radius 3 is 2.31 bits per heavy atom. The summed E-state index contributed by atoms with van der Waals surface area (Å²) in [4.78, 5) is 27.4.